The molecule has 1 saturated heterocycles. The molecule has 2 atom stereocenters. The lowest BCUT2D eigenvalue weighted by Gasteiger charge is -2.10. The molecule has 2 aliphatic rings. The van der Waals surface area contributed by atoms with Crippen molar-refractivity contribution in [1.29, 1.82) is 0 Å². The van der Waals surface area contributed by atoms with Crippen LogP contribution in [0.3, 0.4) is 0 Å². The average Bonchev–Trinajstić information content (AvgIpc) is 2.30. The number of fused-ring (bicyclic) bond motifs is 1. The molecule has 1 heterocycles. The Morgan fingerprint density at radius 1 is 1.27 bits per heavy atom. The summed E-state index contributed by atoms with van der Waals surface area (Å²) in [6.07, 6.45) is 0. The van der Waals surface area contributed by atoms with Crippen LogP contribution in [-0.2, 0) is 0 Å². The van der Waals surface area contributed by atoms with Crippen molar-refractivity contribution >= 4 is 24.8 Å². The standard InChI is InChI=1S/C7H14N2.2ClH/c1-9-3-6-5(2-8)7(6)4-9;;/h5-7H,2-4,8H2,1H3;2*1H. The highest BCUT2D eigenvalue weighted by Gasteiger charge is 2.53. The van der Waals surface area contributed by atoms with Gasteiger partial charge in [-0.1, -0.05) is 0 Å². The van der Waals surface area contributed by atoms with Crippen LogP contribution >= 0.6 is 24.8 Å². The minimum absolute atomic E-state index is 0. The summed E-state index contributed by atoms with van der Waals surface area (Å²) in [5, 5.41) is 0. The van der Waals surface area contributed by atoms with E-state index in [9.17, 15) is 0 Å². The van der Waals surface area contributed by atoms with E-state index < -0.39 is 0 Å². The molecule has 2 fully saturated rings. The summed E-state index contributed by atoms with van der Waals surface area (Å²) in [5.41, 5.74) is 5.55. The second-order valence-electron chi connectivity index (χ2n) is 3.45. The molecule has 0 aromatic carbocycles. The molecule has 2 N–H and O–H groups in total. The molecule has 0 radical (unpaired) electrons. The largest absolute Gasteiger partial charge is 0.330 e. The highest BCUT2D eigenvalue weighted by atomic mass is 35.5. The van der Waals surface area contributed by atoms with E-state index in [-0.39, 0.29) is 24.8 Å². The van der Waals surface area contributed by atoms with Gasteiger partial charge in [-0.2, -0.15) is 0 Å². The molecule has 0 amide bonds. The molecule has 1 aliphatic carbocycles. The lowest BCUT2D eigenvalue weighted by Crippen LogP contribution is -2.21. The van der Waals surface area contributed by atoms with Gasteiger partial charge in [-0.25, -0.2) is 0 Å². The van der Waals surface area contributed by atoms with Crippen molar-refractivity contribution in [3.63, 3.8) is 0 Å². The van der Waals surface area contributed by atoms with Crippen LogP contribution in [-0.4, -0.2) is 31.6 Å². The Bertz CT molecular complexity index is 120. The third-order valence-corrected chi connectivity index (χ3v) is 2.83. The Morgan fingerprint density at radius 3 is 2.09 bits per heavy atom. The number of nitrogens with two attached hydrogens (primary N) is 1. The predicted octanol–water partition coefficient (Wildman–Crippen LogP) is 0.596. The minimum atomic E-state index is 0. The van der Waals surface area contributed by atoms with Crippen molar-refractivity contribution in [2.75, 3.05) is 26.7 Å². The molecule has 0 aromatic rings. The van der Waals surface area contributed by atoms with Gasteiger partial charge in [0.25, 0.3) is 0 Å². The van der Waals surface area contributed by atoms with E-state index in [4.69, 9.17) is 5.73 Å². The fourth-order valence-electron chi connectivity index (χ4n) is 2.21. The van der Waals surface area contributed by atoms with E-state index >= 15 is 0 Å². The highest BCUT2D eigenvalue weighted by Crippen LogP contribution is 2.50. The minimum Gasteiger partial charge on any atom is -0.330 e. The smallest absolute Gasteiger partial charge is 0.00132 e. The summed E-state index contributed by atoms with van der Waals surface area (Å²) in [6, 6.07) is 0. The number of piperidine rings is 1. The fourth-order valence-corrected chi connectivity index (χ4v) is 2.21. The van der Waals surface area contributed by atoms with Crippen LogP contribution in [0.1, 0.15) is 0 Å². The molecular formula is C7H16Cl2N2. The van der Waals surface area contributed by atoms with Gasteiger partial charge in [-0.05, 0) is 31.3 Å². The van der Waals surface area contributed by atoms with Gasteiger partial charge in [0.15, 0.2) is 0 Å². The molecule has 2 nitrogen and oxygen atoms in total. The summed E-state index contributed by atoms with van der Waals surface area (Å²) >= 11 is 0. The number of hydrogen-bond acceptors (Lipinski definition) is 2. The van der Waals surface area contributed by atoms with E-state index in [0.717, 1.165) is 24.3 Å². The summed E-state index contributed by atoms with van der Waals surface area (Å²) in [6.45, 7) is 3.52. The first-order chi connectivity index (χ1) is 4.33. The first-order valence-corrected chi connectivity index (χ1v) is 3.71. The van der Waals surface area contributed by atoms with Gasteiger partial charge in [0.05, 0.1) is 0 Å². The van der Waals surface area contributed by atoms with Crippen molar-refractivity contribution in [2.45, 2.75) is 0 Å². The van der Waals surface area contributed by atoms with Crippen LogP contribution in [0.5, 0.6) is 0 Å². The molecular weight excluding hydrogens is 183 g/mol. The van der Waals surface area contributed by atoms with E-state index in [2.05, 4.69) is 11.9 Å². The van der Waals surface area contributed by atoms with Crippen molar-refractivity contribution < 1.29 is 0 Å². The maximum absolute atomic E-state index is 5.55. The van der Waals surface area contributed by atoms with Gasteiger partial charge in [0.2, 0.25) is 0 Å². The van der Waals surface area contributed by atoms with Crippen molar-refractivity contribution in [3.8, 4) is 0 Å². The monoisotopic (exact) mass is 198 g/mol. The normalized spacial score (nSPS) is 40.4. The molecule has 1 saturated carbocycles. The predicted molar refractivity (Wildman–Crippen MR) is 51.5 cm³/mol. The van der Waals surface area contributed by atoms with Crippen molar-refractivity contribution in [3.05, 3.63) is 0 Å². The Hall–Kier alpha value is 0.500. The van der Waals surface area contributed by atoms with Gasteiger partial charge in [-0.15, -0.1) is 24.8 Å². The number of hydrogen-bond donors (Lipinski definition) is 1. The van der Waals surface area contributed by atoms with Gasteiger partial charge in [0, 0.05) is 13.1 Å². The zero-order chi connectivity index (χ0) is 6.43. The van der Waals surface area contributed by atoms with Crippen molar-refractivity contribution in [2.24, 2.45) is 23.5 Å². The average molecular weight is 199 g/mol. The third kappa shape index (κ3) is 1.81. The molecule has 2 rings (SSSR count). The molecule has 4 heteroatoms. The van der Waals surface area contributed by atoms with Crippen LogP contribution in [0.2, 0.25) is 0 Å². The third-order valence-electron chi connectivity index (χ3n) is 2.83. The number of likely N-dealkylation sites (tertiary alicyclic amines) is 1. The first kappa shape index (κ1) is 11.5. The maximum atomic E-state index is 5.55. The molecule has 0 bridgehead atoms. The topological polar surface area (TPSA) is 29.3 Å². The molecule has 0 spiro atoms. The number of nitrogens with zero attached hydrogens (tertiary/aromatic N) is 1. The first-order valence-electron chi connectivity index (χ1n) is 3.71. The van der Waals surface area contributed by atoms with Crippen LogP contribution in [0.4, 0.5) is 0 Å². The molecule has 68 valence electrons. The lowest BCUT2D eigenvalue weighted by atomic mass is 10.3. The van der Waals surface area contributed by atoms with E-state index in [1.54, 1.807) is 0 Å². The van der Waals surface area contributed by atoms with Gasteiger partial charge < -0.3 is 10.6 Å². The summed E-state index contributed by atoms with van der Waals surface area (Å²) in [4.78, 5) is 2.40. The Morgan fingerprint density at radius 2 is 1.73 bits per heavy atom. The van der Waals surface area contributed by atoms with Gasteiger partial charge in [0.1, 0.15) is 0 Å². The quantitative estimate of drug-likeness (QED) is 0.669. The summed E-state index contributed by atoms with van der Waals surface area (Å²) in [5.74, 6) is 2.83. The number of halogens is 2. The summed E-state index contributed by atoms with van der Waals surface area (Å²) in [7, 11) is 2.19. The zero-order valence-corrected chi connectivity index (χ0v) is 8.33. The summed E-state index contributed by atoms with van der Waals surface area (Å²) < 4.78 is 0. The van der Waals surface area contributed by atoms with Gasteiger partial charge >= 0.3 is 0 Å². The van der Waals surface area contributed by atoms with E-state index in [1.807, 2.05) is 0 Å². The second kappa shape index (κ2) is 3.94. The SMILES string of the molecule is CN1CC2C(CN)C2C1.Cl.Cl. The highest BCUT2D eigenvalue weighted by molar-refractivity contribution is 5.85. The second-order valence-corrected chi connectivity index (χ2v) is 3.45. The molecule has 11 heavy (non-hydrogen) atoms. The fraction of sp³-hybridized carbons (Fsp3) is 1.00. The Kier molecular flexibility index (Phi) is 4.12. The van der Waals surface area contributed by atoms with E-state index in [1.165, 1.54) is 13.1 Å². The molecule has 1 aliphatic heterocycles. The lowest BCUT2D eigenvalue weighted by molar-refractivity contribution is 0.346. The van der Waals surface area contributed by atoms with Crippen LogP contribution in [0.15, 0.2) is 0 Å². The zero-order valence-electron chi connectivity index (χ0n) is 6.69. The van der Waals surface area contributed by atoms with Crippen LogP contribution in [0, 0.1) is 17.8 Å². The van der Waals surface area contributed by atoms with Gasteiger partial charge in [-0.3, -0.25) is 0 Å². The van der Waals surface area contributed by atoms with Crippen LogP contribution in [0.25, 0.3) is 0 Å². The number of rotatable bonds is 1. The maximum Gasteiger partial charge on any atom is 0.00132 e. The molecule has 2 unspecified atom stereocenters. The Balaban J connectivity index is 0.000000500. The Labute approximate surface area is 80.3 Å². The van der Waals surface area contributed by atoms with Crippen LogP contribution < -0.4 is 5.73 Å². The van der Waals surface area contributed by atoms with Crippen molar-refractivity contribution in [1.82, 2.24) is 4.90 Å². The van der Waals surface area contributed by atoms with E-state index in [0.29, 0.717) is 0 Å². The molecule has 0 aromatic heterocycles.